The number of rotatable bonds is 4. The van der Waals surface area contributed by atoms with E-state index in [1.54, 1.807) is 0 Å². The fourth-order valence-corrected chi connectivity index (χ4v) is 3.04. The number of phenolic OH excluding ortho intramolecular Hbond substituents is 1. The summed E-state index contributed by atoms with van der Waals surface area (Å²) < 4.78 is 13.5. The second kappa shape index (κ2) is 6.73. The lowest BCUT2D eigenvalue weighted by Gasteiger charge is -2.26. The molecule has 0 aliphatic heterocycles. The first kappa shape index (κ1) is 14.8. The lowest BCUT2D eigenvalue weighted by molar-refractivity contribution is 0.0942. The van der Waals surface area contributed by atoms with Crippen LogP contribution >= 0.6 is 0 Å². The van der Waals surface area contributed by atoms with Crippen molar-refractivity contribution in [3.8, 4) is 5.75 Å². The van der Waals surface area contributed by atoms with Crippen LogP contribution in [0.3, 0.4) is 0 Å². The van der Waals surface area contributed by atoms with Crippen molar-refractivity contribution in [2.75, 3.05) is 6.54 Å². The Morgan fingerprint density at radius 1 is 1.45 bits per heavy atom. The van der Waals surface area contributed by atoms with E-state index in [9.17, 15) is 14.3 Å². The van der Waals surface area contributed by atoms with E-state index in [0.29, 0.717) is 12.5 Å². The summed E-state index contributed by atoms with van der Waals surface area (Å²) >= 11 is 0. The standard InChI is InChI=1S/C16H22FNO2/c1-11-4-2-5-12(10-11)8-9-18-16(20)15-13(17)6-3-7-14(15)19/h3,6-7,11-12,19H,2,4-5,8-10H2,1H3,(H,18,20). The Balaban J connectivity index is 1.83. The maximum absolute atomic E-state index is 13.5. The molecule has 2 rings (SSSR count). The fraction of sp³-hybridized carbons (Fsp3) is 0.562. The van der Waals surface area contributed by atoms with Crippen molar-refractivity contribution in [3.05, 3.63) is 29.6 Å². The first-order valence-electron chi connectivity index (χ1n) is 7.33. The van der Waals surface area contributed by atoms with Gasteiger partial charge in [-0.3, -0.25) is 4.79 Å². The van der Waals surface area contributed by atoms with Gasteiger partial charge in [0.05, 0.1) is 0 Å². The first-order chi connectivity index (χ1) is 9.58. The second-order valence-electron chi connectivity index (χ2n) is 5.82. The van der Waals surface area contributed by atoms with Gasteiger partial charge in [0.25, 0.3) is 5.91 Å². The Hall–Kier alpha value is -1.58. The third kappa shape index (κ3) is 3.71. The molecule has 0 spiro atoms. The van der Waals surface area contributed by atoms with E-state index in [0.717, 1.165) is 12.3 Å². The first-order valence-corrected chi connectivity index (χ1v) is 7.33. The van der Waals surface area contributed by atoms with Gasteiger partial charge in [0, 0.05) is 6.54 Å². The van der Waals surface area contributed by atoms with E-state index < -0.39 is 11.7 Å². The molecule has 1 fully saturated rings. The summed E-state index contributed by atoms with van der Waals surface area (Å²) in [7, 11) is 0. The third-order valence-corrected chi connectivity index (χ3v) is 4.10. The number of halogens is 1. The topological polar surface area (TPSA) is 49.3 Å². The Labute approximate surface area is 119 Å². The predicted molar refractivity (Wildman–Crippen MR) is 76.1 cm³/mol. The second-order valence-corrected chi connectivity index (χ2v) is 5.82. The largest absolute Gasteiger partial charge is 0.507 e. The van der Waals surface area contributed by atoms with Crippen molar-refractivity contribution >= 4 is 5.91 Å². The summed E-state index contributed by atoms with van der Waals surface area (Å²) in [5.74, 6) is -0.125. The average molecular weight is 279 g/mol. The maximum atomic E-state index is 13.5. The monoisotopic (exact) mass is 279 g/mol. The van der Waals surface area contributed by atoms with Crippen LogP contribution in [0.2, 0.25) is 0 Å². The van der Waals surface area contributed by atoms with Crippen LogP contribution in [0.5, 0.6) is 5.75 Å². The SMILES string of the molecule is CC1CCCC(CCNC(=O)c2c(O)cccc2F)C1. The van der Waals surface area contributed by atoms with Gasteiger partial charge < -0.3 is 10.4 Å². The summed E-state index contributed by atoms with van der Waals surface area (Å²) in [6.07, 6.45) is 5.90. The number of carbonyl (C=O) groups is 1. The Morgan fingerprint density at radius 2 is 2.25 bits per heavy atom. The van der Waals surface area contributed by atoms with Crippen molar-refractivity contribution in [1.82, 2.24) is 5.32 Å². The Kier molecular flexibility index (Phi) is 4.99. The minimum absolute atomic E-state index is 0.260. The van der Waals surface area contributed by atoms with Crippen molar-refractivity contribution in [3.63, 3.8) is 0 Å². The number of phenols is 1. The zero-order valence-electron chi connectivity index (χ0n) is 11.9. The molecular weight excluding hydrogens is 257 g/mol. The van der Waals surface area contributed by atoms with Crippen LogP contribution in [0.15, 0.2) is 18.2 Å². The highest BCUT2D eigenvalue weighted by Gasteiger charge is 2.20. The van der Waals surface area contributed by atoms with Gasteiger partial charge in [0.1, 0.15) is 17.1 Å². The highest BCUT2D eigenvalue weighted by molar-refractivity contribution is 5.97. The molecule has 1 aliphatic carbocycles. The molecule has 2 unspecified atom stereocenters. The predicted octanol–water partition coefficient (Wildman–Crippen LogP) is 3.48. The van der Waals surface area contributed by atoms with E-state index in [-0.39, 0.29) is 11.3 Å². The van der Waals surface area contributed by atoms with Crippen LogP contribution in [-0.4, -0.2) is 17.6 Å². The van der Waals surface area contributed by atoms with Crippen LogP contribution in [-0.2, 0) is 0 Å². The van der Waals surface area contributed by atoms with Gasteiger partial charge >= 0.3 is 0 Å². The van der Waals surface area contributed by atoms with E-state index in [1.165, 1.54) is 43.9 Å². The third-order valence-electron chi connectivity index (χ3n) is 4.10. The Bertz CT molecular complexity index is 455. The van der Waals surface area contributed by atoms with Gasteiger partial charge in [-0.15, -0.1) is 0 Å². The van der Waals surface area contributed by atoms with E-state index in [2.05, 4.69) is 12.2 Å². The molecule has 1 aliphatic rings. The van der Waals surface area contributed by atoms with Crippen molar-refractivity contribution in [2.45, 2.75) is 39.0 Å². The van der Waals surface area contributed by atoms with Crippen molar-refractivity contribution in [1.29, 1.82) is 0 Å². The summed E-state index contributed by atoms with van der Waals surface area (Å²) in [4.78, 5) is 11.9. The minimum atomic E-state index is -0.686. The molecule has 0 aromatic heterocycles. The van der Waals surface area contributed by atoms with Gasteiger partial charge in [-0.1, -0.05) is 32.3 Å². The Morgan fingerprint density at radius 3 is 2.95 bits per heavy atom. The molecule has 1 aromatic carbocycles. The van der Waals surface area contributed by atoms with E-state index >= 15 is 0 Å². The van der Waals surface area contributed by atoms with Crippen LogP contribution < -0.4 is 5.32 Å². The van der Waals surface area contributed by atoms with Crippen LogP contribution in [0.25, 0.3) is 0 Å². The molecule has 1 aromatic rings. The summed E-state index contributed by atoms with van der Waals surface area (Å²) in [6, 6.07) is 3.88. The van der Waals surface area contributed by atoms with Crippen LogP contribution in [0, 0.1) is 17.7 Å². The molecule has 0 bridgehead atoms. The summed E-state index contributed by atoms with van der Waals surface area (Å²) in [5, 5.41) is 12.2. The highest BCUT2D eigenvalue weighted by atomic mass is 19.1. The number of hydrogen-bond acceptors (Lipinski definition) is 2. The highest BCUT2D eigenvalue weighted by Crippen LogP contribution is 2.30. The van der Waals surface area contributed by atoms with Gasteiger partial charge in [-0.25, -0.2) is 4.39 Å². The number of aromatic hydroxyl groups is 1. The zero-order chi connectivity index (χ0) is 14.5. The molecule has 1 amide bonds. The molecule has 0 radical (unpaired) electrons. The molecular formula is C16H22FNO2. The molecule has 110 valence electrons. The smallest absolute Gasteiger partial charge is 0.258 e. The van der Waals surface area contributed by atoms with Crippen LogP contribution in [0.1, 0.15) is 49.4 Å². The van der Waals surface area contributed by atoms with Gasteiger partial charge in [0.2, 0.25) is 0 Å². The molecule has 3 nitrogen and oxygen atoms in total. The van der Waals surface area contributed by atoms with Gasteiger partial charge in [0.15, 0.2) is 0 Å². The molecule has 4 heteroatoms. The molecule has 2 N–H and O–H groups in total. The molecule has 0 heterocycles. The molecule has 20 heavy (non-hydrogen) atoms. The number of hydrogen-bond donors (Lipinski definition) is 2. The van der Waals surface area contributed by atoms with E-state index in [1.807, 2.05) is 0 Å². The minimum Gasteiger partial charge on any atom is -0.507 e. The van der Waals surface area contributed by atoms with Crippen molar-refractivity contribution in [2.24, 2.45) is 11.8 Å². The number of nitrogens with one attached hydrogen (secondary N) is 1. The zero-order valence-corrected chi connectivity index (χ0v) is 11.9. The summed E-state index contributed by atoms with van der Waals surface area (Å²) in [6.45, 7) is 2.80. The number of carbonyl (C=O) groups excluding carboxylic acids is 1. The van der Waals surface area contributed by atoms with Gasteiger partial charge in [-0.05, 0) is 36.8 Å². The molecule has 2 atom stereocenters. The van der Waals surface area contributed by atoms with Crippen molar-refractivity contribution < 1.29 is 14.3 Å². The molecule has 0 saturated heterocycles. The average Bonchev–Trinajstić information content (AvgIpc) is 2.38. The molecule has 1 saturated carbocycles. The number of amides is 1. The van der Waals surface area contributed by atoms with Crippen LogP contribution in [0.4, 0.5) is 4.39 Å². The quantitative estimate of drug-likeness (QED) is 0.886. The number of benzene rings is 1. The lowest BCUT2D eigenvalue weighted by Crippen LogP contribution is -2.27. The lowest BCUT2D eigenvalue weighted by atomic mass is 9.81. The summed E-state index contributed by atoms with van der Waals surface area (Å²) in [5.41, 5.74) is -0.260. The van der Waals surface area contributed by atoms with E-state index in [4.69, 9.17) is 0 Å². The van der Waals surface area contributed by atoms with Gasteiger partial charge in [-0.2, -0.15) is 0 Å². The normalized spacial score (nSPS) is 22.5. The maximum Gasteiger partial charge on any atom is 0.258 e. The fourth-order valence-electron chi connectivity index (χ4n) is 3.04.